The van der Waals surface area contributed by atoms with Crippen LogP contribution in [0.5, 0.6) is 0 Å². The molecular formula is C14H16BrN3O2. The Labute approximate surface area is 125 Å². The van der Waals surface area contributed by atoms with Gasteiger partial charge in [-0.05, 0) is 30.5 Å². The summed E-state index contributed by atoms with van der Waals surface area (Å²) in [5.41, 5.74) is 2.05. The van der Waals surface area contributed by atoms with Gasteiger partial charge in [-0.1, -0.05) is 22.0 Å². The number of carbonyl (C=O) groups excluding carboxylic acids is 2. The minimum Gasteiger partial charge on any atom is -0.353 e. The molecule has 0 bridgehead atoms. The Hall–Kier alpha value is -1.40. The molecule has 0 atom stereocenters. The van der Waals surface area contributed by atoms with Crippen LogP contribution in [0.25, 0.3) is 0 Å². The maximum Gasteiger partial charge on any atom is 0.246 e. The van der Waals surface area contributed by atoms with E-state index < -0.39 is 0 Å². The number of imide groups is 1. The van der Waals surface area contributed by atoms with E-state index in [4.69, 9.17) is 0 Å². The van der Waals surface area contributed by atoms with E-state index in [0.717, 1.165) is 22.3 Å². The number of nitrogens with one attached hydrogen (secondary N) is 2. The zero-order valence-electron chi connectivity index (χ0n) is 11.0. The lowest BCUT2D eigenvalue weighted by Gasteiger charge is -2.29. The van der Waals surface area contributed by atoms with Crippen molar-refractivity contribution in [3.63, 3.8) is 0 Å². The number of hydrogen-bond donors (Lipinski definition) is 2. The molecule has 1 aromatic carbocycles. The summed E-state index contributed by atoms with van der Waals surface area (Å²) < 4.78 is 0.945. The molecule has 1 aromatic rings. The number of halogens is 1. The quantitative estimate of drug-likeness (QED) is 0.809. The zero-order chi connectivity index (χ0) is 14.1. The van der Waals surface area contributed by atoms with Crippen molar-refractivity contribution in [2.45, 2.75) is 25.4 Å². The van der Waals surface area contributed by atoms with Gasteiger partial charge in [0, 0.05) is 22.7 Å². The van der Waals surface area contributed by atoms with E-state index in [1.807, 2.05) is 23.1 Å². The highest BCUT2D eigenvalue weighted by Crippen LogP contribution is 2.27. The van der Waals surface area contributed by atoms with Gasteiger partial charge in [-0.2, -0.15) is 0 Å². The molecule has 106 valence electrons. The van der Waals surface area contributed by atoms with Crippen molar-refractivity contribution in [2.75, 3.05) is 18.0 Å². The molecule has 3 rings (SSSR count). The van der Waals surface area contributed by atoms with Crippen LogP contribution < -0.4 is 15.5 Å². The first-order chi connectivity index (χ1) is 9.61. The second-order valence-corrected chi connectivity index (χ2v) is 6.17. The number of amides is 2. The Balaban J connectivity index is 1.83. The molecule has 1 aliphatic heterocycles. The number of anilines is 1. The Kier molecular flexibility index (Phi) is 3.76. The Morgan fingerprint density at radius 2 is 1.95 bits per heavy atom. The van der Waals surface area contributed by atoms with E-state index in [1.54, 1.807) is 0 Å². The number of nitrogens with zero attached hydrogens (tertiary/aromatic N) is 1. The standard InChI is InChI=1S/C14H16BrN3O2/c15-10-2-1-9(6-16-11-3-4-11)12(5-10)18-7-13(19)17-14(20)8-18/h1-2,5,11,16H,3-4,6-8H2,(H,17,19,20). The highest BCUT2D eigenvalue weighted by Gasteiger charge is 2.25. The van der Waals surface area contributed by atoms with Gasteiger partial charge >= 0.3 is 0 Å². The topological polar surface area (TPSA) is 61.4 Å². The molecule has 0 aromatic heterocycles. The van der Waals surface area contributed by atoms with Crippen LogP contribution in [0, 0.1) is 0 Å². The molecule has 2 amide bonds. The van der Waals surface area contributed by atoms with Gasteiger partial charge in [0.05, 0.1) is 13.1 Å². The van der Waals surface area contributed by atoms with Gasteiger partial charge in [-0.15, -0.1) is 0 Å². The van der Waals surface area contributed by atoms with E-state index in [9.17, 15) is 9.59 Å². The van der Waals surface area contributed by atoms with Crippen LogP contribution in [0.4, 0.5) is 5.69 Å². The molecule has 6 heteroatoms. The van der Waals surface area contributed by atoms with Crippen LogP contribution >= 0.6 is 15.9 Å². The predicted octanol–water partition coefficient (Wildman–Crippen LogP) is 1.16. The van der Waals surface area contributed by atoms with Crippen molar-refractivity contribution < 1.29 is 9.59 Å². The summed E-state index contributed by atoms with van der Waals surface area (Å²) in [6.45, 7) is 1.21. The summed E-state index contributed by atoms with van der Waals surface area (Å²) in [4.78, 5) is 24.9. The Morgan fingerprint density at radius 3 is 2.60 bits per heavy atom. The van der Waals surface area contributed by atoms with Crippen LogP contribution in [0.1, 0.15) is 18.4 Å². The third kappa shape index (κ3) is 3.19. The lowest BCUT2D eigenvalue weighted by Crippen LogP contribution is -2.51. The fourth-order valence-corrected chi connectivity index (χ4v) is 2.68. The fourth-order valence-electron chi connectivity index (χ4n) is 2.33. The average Bonchev–Trinajstić information content (AvgIpc) is 3.20. The summed E-state index contributed by atoms with van der Waals surface area (Å²) >= 11 is 3.45. The minimum absolute atomic E-state index is 0.221. The van der Waals surface area contributed by atoms with Gasteiger partial charge < -0.3 is 10.2 Å². The summed E-state index contributed by atoms with van der Waals surface area (Å²) in [5.74, 6) is -0.496. The second kappa shape index (κ2) is 5.54. The number of hydrogen-bond acceptors (Lipinski definition) is 4. The van der Waals surface area contributed by atoms with E-state index in [0.29, 0.717) is 6.04 Å². The normalized spacial score (nSPS) is 19.1. The molecular weight excluding hydrogens is 322 g/mol. The zero-order valence-corrected chi connectivity index (χ0v) is 12.6. The van der Waals surface area contributed by atoms with Gasteiger partial charge in [0.1, 0.15) is 0 Å². The predicted molar refractivity (Wildman–Crippen MR) is 79.4 cm³/mol. The van der Waals surface area contributed by atoms with Crippen molar-refractivity contribution in [3.8, 4) is 0 Å². The Bertz CT molecular complexity index is 541. The van der Waals surface area contributed by atoms with E-state index in [2.05, 4.69) is 26.6 Å². The first kappa shape index (κ1) is 13.6. The number of carbonyl (C=O) groups is 2. The van der Waals surface area contributed by atoms with Crippen molar-refractivity contribution in [1.82, 2.24) is 10.6 Å². The molecule has 20 heavy (non-hydrogen) atoms. The van der Waals surface area contributed by atoms with Crippen LogP contribution in [-0.4, -0.2) is 30.9 Å². The lowest BCUT2D eigenvalue weighted by molar-refractivity contribution is -0.130. The van der Waals surface area contributed by atoms with E-state index >= 15 is 0 Å². The molecule has 0 unspecified atom stereocenters. The summed E-state index contributed by atoms with van der Waals surface area (Å²) in [6, 6.07) is 6.61. The highest BCUT2D eigenvalue weighted by molar-refractivity contribution is 9.10. The van der Waals surface area contributed by atoms with Crippen LogP contribution in [-0.2, 0) is 16.1 Å². The summed E-state index contributed by atoms with van der Waals surface area (Å²) in [6.07, 6.45) is 2.47. The van der Waals surface area contributed by atoms with Gasteiger partial charge in [0.15, 0.2) is 0 Å². The maximum atomic E-state index is 11.5. The highest BCUT2D eigenvalue weighted by atomic mass is 79.9. The monoisotopic (exact) mass is 337 g/mol. The van der Waals surface area contributed by atoms with Gasteiger partial charge in [-0.25, -0.2) is 0 Å². The minimum atomic E-state index is -0.248. The molecule has 1 saturated carbocycles. The van der Waals surface area contributed by atoms with Gasteiger partial charge in [-0.3, -0.25) is 14.9 Å². The third-order valence-corrected chi connectivity index (χ3v) is 3.99. The molecule has 2 N–H and O–H groups in total. The summed E-state index contributed by atoms with van der Waals surface area (Å²) in [5, 5.41) is 5.79. The largest absolute Gasteiger partial charge is 0.353 e. The molecule has 1 saturated heterocycles. The molecule has 0 spiro atoms. The smallest absolute Gasteiger partial charge is 0.246 e. The molecule has 2 aliphatic rings. The maximum absolute atomic E-state index is 11.5. The number of benzene rings is 1. The molecule has 1 aliphatic carbocycles. The SMILES string of the molecule is O=C1CN(c2cc(Br)ccc2CNC2CC2)CC(=O)N1. The molecule has 5 nitrogen and oxygen atoms in total. The van der Waals surface area contributed by atoms with Crippen LogP contribution in [0.3, 0.4) is 0 Å². The second-order valence-electron chi connectivity index (χ2n) is 5.26. The average molecular weight is 338 g/mol. The van der Waals surface area contributed by atoms with Crippen molar-refractivity contribution >= 4 is 33.4 Å². The number of rotatable bonds is 4. The van der Waals surface area contributed by atoms with Crippen LogP contribution in [0.2, 0.25) is 0 Å². The lowest BCUT2D eigenvalue weighted by atomic mass is 10.1. The van der Waals surface area contributed by atoms with Crippen LogP contribution in [0.15, 0.2) is 22.7 Å². The van der Waals surface area contributed by atoms with Crippen molar-refractivity contribution in [2.24, 2.45) is 0 Å². The third-order valence-electron chi connectivity index (χ3n) is 3.49. The van der Waals surface area contributed by atoms with E-state index in [-0.39, 0.29) is 24.9 Å². The van der Waals surface area contributed by atoms with E-state index in [1.165, 1.54) is 12.8 Å². The fraction of sp³-hybridized carbons (Fsp3) is 0.429. The molecule has 0 radical (unpaired) electrons. The van der Waals surface area contributed by atoms with Crippen molar-refractivity contribution in [3.05, 3.63) is 28.2 Å². The number of piperazine rings is 1. The van der Waals surface area contributed by atoms with Gasteiger partial charge in [0.2, 0.25) is 11.8 Å². The molecule has 2 fully saturated rings. The first-order valence-electron chi connectivity index (χ1n) is 6.71. The summed E-state index contributed by atoms with van der Waals surface area (Å²) in [7, 11) is 0. The first-order valence-corrected chi connectivity index (χ1v) is 7.50. The van der Waals surface area contributed by atoms with Crippen molar-refractivity contribution in [1.29, 1.82) is 0 Å². The molecule has 1 heterocycles. The Morgan fingerprint density at radius 1 is 1.25 bits per heavy atom. The van der Waals surface area contributed by atoms with Gasteiger partial charge in [0.25, 0.3) is 0 Å².